The fraction of sp³-hybridized carbons (Fsp3) is 0.684. The van der Waals surface area contributed by atoms with Crippen molar-refractivity contribution in [2.24, 2.45) is 17.8 Å². The van der Waals surface area contributed by atoms with Gasteiger partial charge in [0, 0.05) is 6.42 Å². The molecule has 1 aliphatic rings. The predicted molar refractivity (Wildman–Crippen MR) is 86.2 cm³/mol. The molecule has 1 N–H and O–H groups in total. The van der Waals surface area contributed by atoms with Gasteiger partial charge in [0.05, 0.1) is 0 Å². The summed E-state index contributed by atoms with van der Waals surface area (Å²) in [5.41, 5.74) is 0.974. The summed E-state index contributed by atoms with van der Waals surface area (Å²) >= 11 is 0. The van der Waals surface area contributed by atoms with Crippen molar-refractivity contribution in [1.82, 2.24) is 0 Å². The van der Waals surface area contributed by atoms with Crippen LogP contribution in [0.25, 0.3) is 0 Å². The summed E-state index contributed by atoms with van der Waals surface area (Å²) < 4.78 is 14.3. The molecule has 2 atom stereocenters. The van der Waals surface area contributed by atoms with Crippen molar-refractivity contribution in [2.75, 3.05) is 0 Å². The van der Waals surface area contributed by atoms with Crippen LogP contribution < -0.4 is 0 Å². The zero-order valence-corrected chi connectivity index (χ0v) is 13.4. The van der Waals surface area contributed by atoms with E-state index in [1.807, 2.05) is 12.1 Å². The summed E-state index contributed by atoms with van der Waals surface area (Å²) in [5.74, 6) is 2.35. The van der Waals surface area contributed by atoms with E-state index < -0.39 is 6.17 Å². The molecule has 0 spiro atoms. The fourth-order valence-electron chi connectivity index (χ4n) is 3.73. The summed E-state index contributed by atoms with van der Waals surface area (Å²) in [7, 11) is 0. The van der Waals surface area contributed by atoms with E-state index in [1.54, 1.807) is 12.1 Å². The van der Waals surface area contributed by atoms with Crippen molar-refractivity contribution in [1.29, 1.82) is 0 Å². The molecule has 0 aromatic heterocycles. The molecule has 1 aromatic rings. The lowest BCUT2D eigenvalue weighted by Gasteiger charge is -2.32. The van der Waals surface area contributed by atoms with Crippen LogP contribution in [-0.2, 0) is 6.42 Å². The molecule has 2 rings (SSSR count). The van der Waals surface area contributed by atoms with E-state index in [1.165, 1.54) is 32.1 Å². The number of phenolic OH excluding ortho intramolecular Hbond substituents is 1. The van der Waals surface area contributed by atoms with Crippen molar-refractivity contribution in [3.8, 4) is 5.75 Å². The van der Waals surface area contributed by atoms with E-state index in [2.05, 4.69) is 13.8 Å². The Morgan fingerprint density at radius 3 is 2.33 bits per heavy atom. The van der Waals surface area contributed by atoms with E-state index in [-0.39, 0.29) is 5.75 Å². The van der Waals surface area contributed by atoms with Crippen LogP contribution >= 0.6 is 0 Å². The number of hydrogen-bond acceptors (Lipinski definition) is 1. The van der Waals surface area contributed by atoms with E-state index in [0.29, 0.717) is 24.7 Å². The molecule has 1 fully saturated rings. The second kappa shape index (κ2) is 7.82. The van der Waals surface area contributed by atoms with E-state index >= 15 is 0 Å². The molecule has 0 radical (unpaired) electrons. The summed E-state index contributed by atoms with van der Waals surface area (Å²) in [6.07, 6.45) is 6.90. The average Bonchev–Trinajstić information content (AvgIpc) is 2.49. The minimum atomic E-state index is -0.770. The topological polar surface area (TPSA) is 20.2 Å². The van der Waals surface area contributed by atoms with Crippen LogP contribution in [0.3, 0.4) is 0 Å². The van der Waals surface area contributed by atoms with Gasteiger partial charge in [-0.15, -0.1) is 0 Å². The zero-order valence-electron chi connectivity index (χ0n) is 13.4. The largest absolute Gasteiger partial charge is 0.508 e. The Labute approximate surface area is 128 Å². The first-order chi connectivity index (χ1) is 10.1. The van der Waals surface area contributed by atoms with Crippen LogP contribution in [0, 0.1) is 17.8 Å². The number of alkyl halides is 1. The maximum Gasteiger partial charge on any atom is 0.115 e. The molecular formula is C19H29FO. The van der Waals surface area contributed by atoms with Crippen molar-refractivity contribution >= 4 is 0 Å². The molecule has 118 valence electrons. The quantitative estimate of drug-likeness (QED) is 0.732. The third-order valence-electron chi connectivity index (χ3n) is 5.29. The first kappa shape index (κ1) is 16.3. The van der Waals surface area contributed by atoms with Gasteiger partial charge in [0.1, 0.15) is 11.9 Å². The summed E-state index contributed by atoms with van der Waals surface area (Å²) in [5, 5.41) is 9.25. The maximum atomic E-state index is 14.3. The van der Waals surface area contributed by atoms with Crippen molar-refractivity contribution < 1.29 is 9.50 Å². The molecule has 2 unspecified atom stereocenters. The summed E-state index contributed by atoms with van der Waals surface area (Å²) in [6.45, 7) is 4.50. The van der Waals surface area contributed by atoms with E-state index in [4.69, 9.17) is 0 Å². The SMILES string of the molecule is CCC1CCC(C(C)CC(F)Cc2ccc(O)cc2)CC1. The van der Waals surface area contributed by atoms with Gasteiger partial charge in [0.15, 0.2) is 0 Å². The first-order valence-corrected chi connectivity index (χ1v) is 8.50. The molecule has 1 nitrogen and oxygen atoms in total. The Morgan fingerprint density at radius 1 is 1.14 bits per heavy atom. The Balaban J connectivity index is 1.76. The van der Waals surface area contributed by atoms with Crippen LogP contribution in [0.15, 0.2) is 24.3 Å². The van der Waals surface area contributed by atoms with E-state index in [0.717, 1.165) is 11.5 Å². The molecule has 0 amide bonds. The molecule has 1 aromatic carbocycles. The smallest absolute Gasteiger partial charge is 0.115 e. The molecular weight excluding hydrogens is 263 g/mol. The molecule has 1 aliphatic carbocycles. The normalized spacial score (nSPS) is 25.5. The highest BCUT2D eigenvalue weighted by Gasteiger charge is 2.26. The third-order valence-corrected chi connectivity index (χ3v) is 5.29. The minimum absolute atomic E-state index is 0.246. The van der Waals surface area contributed by atoms with Crippen LogP contribution in [0.1, 0.15) is 57.9 Å². The van der Waals surface area contributed by atoms with E-state index in [9.17, 15) is 9.50 Å². The number of hydrogen-bond donors (Lipinski definition) is 1. The highest BCUT2D eigenvalue weighted by Crippen LogP contribution is 2.36. The van der Waals surface area contributed by atoms with Gasteiger partial charge in [-0.2, -0.15) is 0 Å². The van der Waals surface area contributed by atoms with Crippen molar-refractivity contribution in [2.45, 2.75) is 65.0 Å². The van der Waals surface area contributed by atoms with Gasteiger partial charge in [-0.25, -0.2) is 4.39 Å². The van der Waals surface area contributed by atoms with Gasteiger partial charge in [0.25, 0.3) is 0 Å². The molecule has 1 saturated carbocycles. The van der Waals surface area contributed by atoms with Gasteiger partial charge in [-0.05, 0) is 54.7 Å². The monoisotopic (exact) mass is 292 g/mol. The third kappa shape index (κ3) is 5.01. The average molecular weight is 292 g/mol. The van der Waals surface area contributed by atoms with Crippen LogP contribution in [0.5, 0.6) is 5.75 Å². The number of rotatable bonds is 6. The lowest BCUT2D eigenvalue weighted by atomic mass is 9.74. The predicted octanol–water partition coefficient (Wildman–Crippen LogP) is 5.52. The number of phenols is 1. The molecule has 0 aliphatic heterocycles. The summed E-state index contributed by atoms with van der Waals surface area (Å²) in [6, 6.07) is 6.91. The second-order valence-electron chi connectivity index (χ2n) is 6.87. The Kier molecular flexibility index (Phi) is 6.08. The Bertz CT molecular complexity index is 406. The molecule has 2 heteroatoms. The number of aromatic hydroxyl groups is 1. The van der Waals surface area contributed by atoms with Gasteiger partial charge in [-0.3, -0.25) is 0 Å². The second-order valence-corrected chi connectivity index (χ2v) is 6.87. The molecule has 0 bridgehead atoms. The maximum absolute atomic E-state index is 14.3. The fourth-order valence-corrected chi connectivity index (χ4v) is 3.73. The van der Waals surface area contributed by atoms with Crippen molar-refractivity contribution in [3.05, 3.63) is 29.8 Å². The molecule has 0 heterocycles. The molecule has 0 saturated heterocycles. The van der Waals surface area contributed by atoms with Crippen molar-refractivity contribution in [3.63, 3.8) is 0 Å². The number of benzene rings is 1. The molecule has 21 heavy (non-hydrogen) atoms. The van der Waals surface area contributed by atoms with Gasteiger partial charge in [-0.1, -0.05) is 45.2 Å². The van der Waals surface area contributed by atoms with Crippen LogP contribution in [-0.4, -0.2) is 11.3 Å². The minimum Gasteiger partial charge on any atom is -0.508 e. The lowest BCUT2D eigenvalue weighted by Crippen LogP contribution is -2.22. The van der Waals surface area contributed by atoms with Crippen LogP contribution in [0.4, 0.5) is 4.39 Å². The number of halogens is 1. The summed E-state index contributed by atoms with van der Waals surface area (Å²) in [4.78, 5) is 0. The van der Waals surface area contributed by atoms with Gasteiger partial charge >= 0.3 is 0 Å². The highest BCUT2D eigenvalue weighted by atomic mass is 19.1. The Morgan fingerprint density at radius 2 is 1.76 bits per heavy atom. The zero-order chi connectivity index (χ0) is 15.2. The Hall–Kier alpha value is -1.05. The van der Waals surface area contributed by atoms with Crippen LogP contribution in [0.2, 0.25) is 0 Å². The first-order valence-electron chi connectivity index (χ1n) is 8.50. The lowest BCUT2D eigenvalue weighted by molar-refractivity contribution is 0.170. The standard InChI is InChI=1S/C19H29FO/c1-3-15-4-8-17(9-5-15)14(2)12-18(20)13-16-6-10-19(21)11-7-16/h6-7,10-11,14-15,17-18,21H,3-5,8-9,12-13H2,1-2H3. The van der Waals surface area contributed by atoms with Gasteiger partial charge < -0.3 is 5.11 Å². The highest BCUT2D eigenvalue weighted by molar-refractivity contribution is 5.26. The van der Waals surface area contributed by atoms with Gasteiger partial charge in [0.2, 0.25) is 0 Å².